The Balaban J connectivity index is 2.99. The Hall–Kier alpha value is 0.496. The molecule has 0 saturated heterocycles. The molecule has 0 N–H and O–H groups in total. The van der Waals surface area contributed by atoms with Crippen LogP contribution in [0, 0.1) is 0 Å². The van der Waals surface area contributed by atoms with E-state index in [1.165, 1.54) is 0 Å². The second-order valence-electron chi connectivity index (χ2n) is 1.58. The summed E-state index contributed by atoms with van der Waals surface area (Å²) in [4.78, 5) is 0. The molecule has 0 amide bonds. The van der Waals surface area contributed by atoms with Gasteiger partial charge in [0, 0.05) is 0 Å². The normalized spacial score (nSPS) is 9.50. The standard InChI is InChI=1S/C3H7.2FH.Ga/c1-3-2;;;/h3H,1-2H3;2*1H;/q;;;+2/p-2. The molecule has 0 unspecified atom stereocenters. The van der Waals surface area contributed by atoms with Crippen LogP contribution in [0.2, 0.25) is 4.47 Å². The molecular weight excluding hydrogens is 144 g/mol. The Bertz CT molecular complexity index is 29.8. The first-order valence-electron chi connectivity index (χ1n) is 1.92. The van der Waals surface area contributed by atoms with Crippen molar-refractivity contribution >= 4 is 17.2 Å². The zero-order chi connectivity index (χ0) is 5.15. The summed E-state index contributed by atoms with van der Waals surface area (Å²) in [5, 5.41) is 0. The molecule has 0 aromatic rings. The average molecular weight is 151 g/mol. The molecular formula is C3H7F2Ga. The van der Waals surface area contributed by atoms with Crippen LogP contribution in [-0.4, -0.2) is 17.2 Å². The molecule has 0 atom stereocenters. The van der Waals surface area contributed by atoms with Crippen molar-refractivity contribution in [1.29, 1.82) is 0 Å². The maximum absolute atomic E-state index is 11.3. The van der Waals surface area contributed by atoms with Crippen molar-refractivity contribution in [3.8, 4) is 0 Å². The minimum absolute atomic E-state index is 0.294. The van der Waals surface area contributed by atoms with E-state index in [2.05, 4.69) is 0 Å². The molecule has 0 aromatic carbocycles. The summed E-state index contributed by atoms with van der Waals surface area (Å²) >= 11 is -3.63. The number of rotatable bonds is 1. The molecule has 0 radical (unpaired) electrons. The van der Waals surface area contributed by atoms with Crippen LogP contribution in [0.25, 0.3) is 0 Å². The van der Waals surface area contributed by atoms with Crippen molar-refractivity contribution in [2.75, 3.05) is 0 Å². The first-order valence-corrected chi connectivity index (χ1v) is 5.15. The Kier molecular flexibility index (Phi) is 2.85. The molecule has 0 spiro atoms. The van der Waals surface area contributed by atoms with Crippen LogP contribution in [0.15, 0.2) is 0 Å². The Morgan fingerprint density at radius 3 is 1.50 bits per heavy atom. The van der Waals surface area contributed by atoms with Gasteiger partial charge in [-0.25, -0.2) is 0 Å². The van der Waals surface area contributed by atoms with E-state index in [0.29, 0.717) is 0 Å². The summed E-state index contributed by atoms with van der Waals surface area (Å²) in [7, 11) is 0. The SMILES string of the molecule is C[CH](C)[Ga]([F])[F]. The minimum atomic E-state index is -3.63. The van der Waals surface area contributed by atoms with Crippen LogP contribution in [0.5, 0.6) is 0 Å². The van der Waals surface area contributed by atoms with E-state index in [0.717, 1.165) is 0 Å². The van der Waals surface area contributed by atoms with Gasteiger partial charge in [0.2, 0.25) is 0 Å². The molecule has 0 saturated carbocycles. The van der Waals surface area contributed by atoms with E-state index in [9.17, 15) is 6.57 Å². The molecule has 0 aliphatic carbocycles. The molecule has 0 aromatic heterocycles. The fourth-order valence-corrected chi connectivity index (χ4v) is 0. The zero-order valence-corrected chi connectivity index (χ0v) is 6.33. The summed E-state index contributed by atoms with van der Waals surface area (Å²) < 4.78 is 22.4. The first kappa shape index (κ1) is 6.50. The van der Waals surface area contributed by atoms with Gasteiger partial charge in [-0.2, -0.15) is 0 Å². The van der Waals surface area contributed by atoms with Crippen LogP contribution in [-0.2, 0) is 0 Å². The first-order chi connectivity index (χ1) is 2.64. The molecule has 0 heterocycles. The molecule has 6 heavy (non-hydrogen) atoms. The topological polar surface area (TPSA) is 0 Å². The van der Waals surface area contributed by atoms with Crippen LogP contribution < -0.4 is 0 Å². The monoisotopic (exact) mass is 150 g/mol. The second kappa shape index (κ2) is 2.63. The van der Waals surface area contributed by atoms with Gasteiger partial charge in [0.1, 0.15) is 0 Å². The molecule has 0 aliphatic heterocycles. The summed E-state index contributed by atoms with van der Waals surface area (Å²) in [5.74, 6) is 0. The van der Waals surface area contributed by atoms with E-state index >= 15 is 0 Å². The summed E-state index contributed by atoms with van der Waals surface area (Å²) in [5.41, 5.74) is 0. The van der Waals surface area contributed by atoms with Gasteiger partial charge in [-0.1, -0.05) is 0 Å². The van der Waals surface area contributed by atoms with Crippen molar-refractivity contribution in [2.24, 2.45) is 0 Å². The summed E-state index contributed by atoms with van der Waals surface area (Å²) in [6, 6.07) is 0. The third-order valence-electron chi connectivity index (χ3n) is 0.504. The van der Waals surface area contributed by atoms with Crippen LogP contribution in [0.3, 0.4) is 0 Å². The van der Waals surface area contributed by atoms with Gasteiger partial charge in [-0.3, -0.25) is 0 Å². The third-order valence-corrected chi connectivity index (χ3v) is 2.62. The zero-order valence-electron chi connectivity index (χ0n) is 3.91. The van der Waals surface area contributed by atoms with Gasteiger partial charge in [0.15, 0.2) is 0 Å². The van der Waals surface area contributed by atoms with Gasteiger partial charge < -0.3 is 0 Å². The molecule has 0 bridgehead atoms. The van der Waals surface area contributed by atoms with Gasteiger partial charge >= 0.3 is 42.1 Å². The molecule has 0 aliphatic rings. The number of halogens is 2. The Morgan fingerprint density at radius 2 is 1.50 bits per heavy atom. The number of hydrogen-bond acceptors (Lipinski definition) is 0. The summed E-state index contributed by atoms with van der Waals surface area (Å²) in [6.07, 6.45) is 0. The van der Waals surface area contributed by atoms with E-state index in [4.69, 9.17) is 0 Å². The van der Waals surface area contributed by atoms with Crippen LogP contribution >= 0.6 is 0 Å². The van der Waals surface area contributed by atoms with Gasteiger partial charge in [-0.05, 0) is 0 Å². The maximum atomic E-state index is 11.3. The van der Waals surface area contributed by atoms with E-state index in [-0.39, 0.29) is 4.47 Å². The molecule has 36 valence electrons. The number of hydrogen-bond donors (Lipinski definition) is 0. The van der Waals surface area contributed by atoms with Crippen LogP contribution in [0.4, 0.5) is 6.57 Å². The fourth-order valence-electron chi connectivity index (χ4n) is 0. The molecule has 3 heteroatoms. The summed E-state index contributed by atoms with van der Waals surface area (Å²) in [6.45, 7) is 3.15. The van der Waals surface area contributed by atoms with Crippen molar-refractivity contribution in [3.63, 3.8) is 0 Å². The molecule has 0 nitrogen and oxygen atoms in total. The van der Waals surface area contributed by atoms with E-state index < -0.39 is 17.2 Å². The third kappa shape index (κ3) is 2.72. The predicted octanol–water partition coefficient (Wildman–Crippen LogP) is 1.82. The second-order valence-corrected chi connectivity index (χ2v) is 5.78. The molecule has 0 rings (SSSR count). The van der Waals surface area contributed by atoms with Gasteiger partial charge in [-0.15, -0.1) is 0 Å². The van der Waals surface area contributed by atoms with E-state index in [1.54, 1.807) is 13.8 Å². The van der Waals surface area contributed by atoms with Crippen molar-refractivity contribution in [3.05, 3.63) is 0 Å². The Morgan fingerprint density at radius 1 is 1.33 bits per heavy atom. The molecule has 0 fully saturated rings. The van der Waals surface area contributed by atoms with Crippen LogP contribution in [0.1, 0.15) is 13.8 Å². The fraction of sp³-hybridized carbons (Fsp3) is 1.00. The van der Waals surface area contributed by atoms with Gasteiger partial charge in [0.25, 0.3) is 0 Å². The van der Waals surface area contributed by atoms with Crippen molar-refractivity contribution in [1.82, 2.24) is 0 Å². The van der Waals surface area contributed by atoms with E-state index in [1.807, 2.05) is 0 Å². The van der Waals surface area contributed by atoms with Crippen molar-refractivity contribution < 1.29 is 6.57 Å². The quantitative estimate of drug-likeness (QED) is 0.501. The predicted molar refractivity (Wildman–Crippen MR) is 23.1 cm³/mol. The average Bonchev–Trinajstić information content (AvgIpc) is 1.36. The Labute approximate surface area is 42.8 Å². The van der Waals surface area contributed by atoms with Crippen molar-refractivity contribution in [2.45, 2.75) is 18.3 Å². The van der Waals surface area contributed by atoms with Gasteiger partial charge in [0.05, 0.1) is 0 Å².